The van der Waals surface area contributed by atoms with Gasteiger partial charge >= 0.3 is 5.97 Å². The van der Waals surface area contributed by atoms with Crippen LogP contribution in [0.15, 0.2) is 28.2 Å². The topological polar surface area (TPSA) is 43.4 Å². The lowest BCUT2D eigenvalue weighted by Crippen LogP contribution is -2.02. The van der Waals surface area contributed by atoms with Gasteiger partial charge in [-0.3, -0.25) is 4.79 Å². The molecule has 2 rings (SSSR count). The third kappa shape index (κ3) is 3.57. The second-order valence-electron chi connectivity index (χ2n) is 4.88. The molecule has 1 aromatic rings. The van der Waals surface area contributed by atoms with Crippen molar-refractivity contribution in [2.24, 2.45) is 0 Å². The number of Topliss-reactive ketones (excluding diaryl/α,β-unsaturated/α-hetero) is 1. The summed E-state index contributed by atoms with van der Waals surface area (Å²) in [5.74, 6) is -0.151. The molecule has 1 saturated carbocycles. The molecule has 0 spiro atoms. The van der Waals surface area contributed by atoms with E-state index in [1.165, 1.54) is 7.11 Å². The Hall–Kier alpha value is -1.42. The summed E-state index contributed by atoms with van der Waals surface area (Å²) < 4.78 is 5.59. The van der Waals surface area contributed by atoms with Gasteiger partial charge in [0.2, 0.25) is 0 Å². The lowest BCUT2D eigenvalue weighted by atomic mass is 10.0. The van der Waals surface area contributed by atoms with Crippen molar-refractivity contribution >= 4 is 33.8 Å². The molecule has 3 nitrogen and oxygen atoms in total. The molecule has 0 aliphatic heterocycles. The zero-order valence-corrected chi connectivity index (χ0v) is 13.0. The number of benzene rings is 1. The highest BCUT2D eigenvalue weighted by atomic mass is 79.9. The van der Waals surface area contributed by atoms with Crippen LogP contribution in [0.25, 0.3) is 6.08 Å². The van der Waals surface area contributed by atoms with Crippen LogP contribution in [-0.2, 0) is 9.53 Å². The fourth-order valence-corrected chi connectivity index (χ4v) is 2.68. The van der Waals surface area contributed by atoms with Crippen molar-refractivity contribution in [3.8, 4) is 0 Å². The lowest BCUT2D eigenvalue weighted by Gasteiger charge is -2.06. The van der Waals surface area contributed by atoms with Gasteiger partial charge in [0, 0.05) is 10.9 Å². The average Bonchev–Trinajstić information content (AvgIpc) is 2.65. The maximum atomic E-state index is 12.0. The van der Waals surface area contributed by atoms with E-state index in [4.69, 9.17) is 4.74 Å². The molecule has 4 heteroatoms. The molecule has 0 heterocycles. The van der Waals surface area contributed by atoms with E-state index in [1.807, 2.05) is 6.08 Å². The molecule has 20 heavy (non-hydrogen) atoms. The molecule has 0 radical (unpaired) electrons. The van der Waals surface area contributed by atoms with Gasteiger partial charge < -0.3 is 4.74 Å². The highest BCUT2D eigenvalue weighted by Crippen LogP contribution is 2.26. The van der Waals surface area contributed by atoms with Gasteiger partial charge in [0.05, 0.1) is 12.7 Å². The summed E-state index contributed by atoms with van der Waals surface area (Å²) in [5, 5.41) is 0. The second kappa shape index (κ2) is 6.84. The Bertz CT molecular complexity index is 561. The molecule has 1 aliphatic rings. The molecule has 0 bridgehead atoms. The van der Waals surface area contributed by atoms with Gasteiger partial charge in [0.1, 0.15) is 0 Å². The number of carbonyl (C=O) groups is 2. The van der Waals surface area contributed by atoms with E-state index in [1.54, 1.807) is 18.2 Å². The Labute approximate surface area is 127 Å². The van der Waals surface area contributed by atoms with Crippen LogP contribution in [0.2, 0.25) is 0 Å². The monoisotopic (exact) mass is 336 g/mol. The van der Waals surface area contributed by atoms with Crippen LogP contribution in [0.1, 0.15) is 48.0 Å². The molecular formula is C16H17BrO3. The highest BCUT2D eigenvalue weighted by Gasteiger charge is 2.14. The summed E-state index contributed by atoms with van der Waals surface area (Å²) in [7, 11) is 1.36. The fourth-order valence-electron chi connectivity index (χ4n) is 2.32. The number of hydrogen-bond acceptors (Lipinski definition) is 3. The summed E-state index contributed by atoms with van der Waals surface area (Å²) >= 11 is 3.46. The summed E-state index contributed by atoms with van der Waals surface area (Å²) in [6, 6.07) is 5.26. The predicted octanol–water partition coefficient (Wildman–Crippen LogP) is 4.15. The Morgan fingerprint density at radius 2 is 2.00 bits per heavy atom. The second-order valence-corrected chi connectivity index (χ2v) is 5.74. The van der Waals surface area contributed by atoms with Crippen molar-refractivity contribution in [2.45, 2.75) is 32.1 Å². The first-order chi connectivity index (χ1) is 9.61. The average molecular weight is 337 g/mol. The number of allylic oxidation sites excluding steroid dienone is 1. The molecule has 106 valence electrons. The first-order valence-electron chi connectivity index (χ1n) is 6.73. The molecule has 1 aromatic carbocycles. The fraction of sp³-hybridized carbons (Fsp3) is 0.375. The molecule has 0 N–H and O–H groups in total. The van der Waals surface area contributed by atoms with Crippen molar-refractivity contribution in [1.29, 1.82) is 0 Å². The van der Waals surface area contributed by atoms with Gasteiger partial charge in [0.15, 0.2) is 5.78 Å². The van der Waals surface area contributed by atoms with Gasteiger partial charge in [-0.05, 0) is 54.7 Å². The Kier molecular flexibility index (Phi) is 5.12. The first-order valence-corrected chi connectivity index (χ1v) is 7.53. The molecule has 0 unspecified atom stereocenters. The number of ketones is 1. The van der Waals surface area contributed by atoms with Crippen molar-refractivity contribution < 1.29 is 14.3 Å². The number of carbonyl (C=O) groups excluding carboxylic acids is 2. The number of halogens is 1. The third-order valence-corrected chi connectivity index (χ3v) is 4.18. The Morgan fingerprint density at radius 3 is 2.75 bits per heavy atom. The molecule has 0 amide bonds. The zero-order valence-electron chi connectivity index (χ0n) is 11.4. The number of ether oxygens (including phenoxy) is 1. The van der Waals surface area contributed by atoms with Crippen molar-refractivity contribution in [1.82, 2.24) is 0 Å². The Morgan fingerprint density at radius 1 is 1.25 bits per heavy atom. The molecule has 0 saturated heterocycles. The first kappa shape index (κ1) is 15.0. The number of esters is 1. The Balaban J connectivity index is 2.35. The largest absolute Gasteiger partial charge is 0.465 e. The van der Waals surface area contributed by atoms with Crippen molar-refractivity contribution in [3.63, 3.8) is 0 Å². The maximum Gasteiger partial charge on any atom is 0.337 e. The van der Waals surface area contributed by atoms with E-state index >= 15 is 0 Å². The van der Waals surface area contributed by atoms with E-state index in [-0.39, 0.29) is 11.8 Å². The lowest BCUT2D eigenvalue weighted by molar-refractivity contribution is -0.115. The summed E-state index contributed by atoms with van der Waals surface area (Å²) in [6.45, 7) is 0. The normalized spacial score (nSPS) is 17.9. The van der Waals surface area contributed by atoms with Gasteiger partial charge in [-0.2, -0.15) is 0 Å². The van der Waals surface area contributed by atoms with Crippen molar-refractivity contribution in [2.75, 3.05) is 7.11 Å². The molecule has 0 aromatic heterocycles. The smallest absolute Gasteiger partial charge is 0.337 e. The van der Waals surface area contributed by atoms with Crippen LogP contribution < -0.4 is 0 Å². The van der Waals surface area contributed by atoms with Gasteiger partial charge in [-0.15, -0.1) is 0 Å². The number of methoxy groups -OCH3 is 1. The molecule has 0 atom stereocenters. The van der Waals surface area contributed by atoms with Crippen LogP contribution in [0.5, 0.6) is 0 Å². The van der Waals surface area contributed by atoms with E-state index < -0.39 is 0 Å². The van der Waals surface area contributed by atoms with Crippen LogP contribution >= 0.6 is 15.9 Å². The van der Waals surface area contributed by atoms with Crippen molar-refractivity contribution in [3.05, 3.63) is 39.4 Å². The van der Waals surface area contributed by atoms with Crippen LogP contribution in [0.3, 0.4) is 0 Å². The van der Waals surface area contributed by atoms with E-state index in [0.29, 0.717) is 12.0 Å². The minimum Gasteiger partial charge on any atom is -0.465 e. The molecule has 1 fully saturated rings. The third-order valence-electron chi connectivity index (χ3n) is 3.45. The zero-order chi connectivity index (χ0) is 14.5. The van der Waals surface area contributed by atoms with Crippen LogP contribution in [0.4, 0.5) is 0 Å². The predicted molar refractivity (Wildman–Crippen MR) is 81.6 cm³/mol. The SMILES string of the molecule is COC(=O)c1ccc(Br)c(/C=C2\CCCCCC2=O)c1. The quantitative estimate of drug-likeness (QED) is 0.463. The van der Waals surface area contributed by atoms with Gasteiger partial charge in [-0.25, -0.2) is 4.79 Å². The van der Waals surface area contributed by atoms with E-state index in [9.17, 15) is 9.59 Å². The minimum absolute atomic E-state index is 0.220. The minimum atomic E-state index is -0.371. The van der Waals surface area contributed by atoms with Crippen LogP contribution in [-0.4, -0.2) is 18.9 Å². The summed E-state index contributed by atoms with van der Waals surface area (Å²) in [6.07, 6.45) is 6.45. The molecular weight excluding hydrogens is 320 g/mol. The maximum absolute atomic E-state index is 12.0. The van der Waals surface area contributed by atoms with E-state index in [2.05, 4.69) is 15.9 Å². The summed E-state index contributed by atoms with van der Waals surface area (Å²) in [4.78, 5) is 23.6. The van der Waals surface area contributed by atoms with Crippen LogP contribution in [0, 0.1) is 0 Å². The number of rotatable bonds is 2. The molecule has 1 aliphatic carbocycles. The van der Waals surface area contributed by atoms with Gasteiger partial charge in [0.25, 0.3) is 0 Å². The number of hydrogen-bond donors (Lipinski definition) is 0. The van der Waals surface area contributed by atoms with Gasteiger partial charge in [-0.1, -0.05) is 22.4 Å². The standard InChI is InChI=1S/C16H17BrO3/c1-20-16(19)12-7-8-14(17)13(10-12)9-11-5-3-2-4-6-15(11)18/h7-10H,2-6H2,1H3/b11-9+. The summed E-state index contributed by atoms with van der Waals surface area (Å²) in [5.41, 5.74) is 2.19. The van der Waals surface area contributed by atoms with E-state index in [0.717, 1.165) is 41.3 Å². The highest BCUT2D eigenvalue weighted by molar-refractivity contribution is 9.10.